The molecule has 0 aliphatic carbocycles. The maximum atomic E-state index is 12.4. The molecule has 2 N–H and O–H groups in total. The Morgan fingerprint density at radius 1 is 1.13 bits per heavy atom. The van der Waals surface area contributed by atoms with Crippen molar-refractivity contribution in [3.8, 4) is 0 Å². The zero-order valence-corrected chi connectivity index (χ0v) is 14.3. The van der Waals surface area contributed by atoms with Gasteiger partial charge in [-0.3, -0.25) is 4.79 Å². The van der Waals surface area contributed by atoms with Crippen LogP contribution in [0.15, 0.2) is 53.4 Å². The fourth-order valence-electron chi connectivity index (χ4n) is 2.07. The van der Waals surface area contributed by atoms with Crippen LogP contribution in [0.4, 0.5) is 5.69 Å². The molecular weight excluding hydrogens is 336 g/mol. The number of rotatable bonds is 5. The first-order valence-electron chi connectivity index (χ1n) is 6.93. The quantitative estimate of drug-likeness (QED) is 0.866. The molecule has 0 spiro atoms. The van der Waals surface area contributed by atoms with Crippen LogP contribution in [0.2, 0.25) is 5.02 Å². The van der Waals surface area contributed by atoms with Gasteiger partial charge in [-0.2, -0.15) is 0 Å². The van der Waals surface area contributed by atoms with Gasteiger partial charge in [-0.1, -0.05) is 23.7 Å². The van der Waals surface area contributed by atoms with Gasteiger partial charge in [0.2, 0.25) is 15.9 Å². The summed E-state index contributed by atoms with van der Waals surface area (Å²) in [5.74, 6) is -0.184. The molecule has 7 heteroatoms. The molecule has 122 valence electrons. The Morgan fingerprint density at radius 3 is 2.39 bits per heavy atom. The summed E-state index contributed by atoms with van der Waals surface area (Å²) in [4.78, 5) is 11.2. The monoisotopic (exact) mass is 352 g/mol. The van der Waals surface area contributed by atoms with Crippen LogP contribution >= 0.6 is 11.6 Å². The van der Waals surface area contributed by atoms with Crippen molar-refractivity contribution in [2.45, 2.75) is 24.8 Å². The molecule has 0 saturated carbocycles. The average molecular weight is 353 g/mol. The molecule has 1 atom stereocenters. The number of amides is 1. The van der Waals surface area contributed by atoms with E-state index in [0.29, 0.717) is 10.7 Å². The maximum Gasteiger partial charge on any atom is 0.241 e. The maximum absolute atomic E-state index is 12.4. The molecule has 2 rings (SSSR count). The Morgan fingerprint density at radius 2 is 1.78 bits per heavy atom. The molecule has 5 nitrogen and oxygen atoms in total. The summed E-state index contributed by atoms with van der Waals surface area (Å²) in [5.41, 5.74) is 1.36. The molecule has 0 fully saturated rings. The second-order valence-electron chi connectivity index (χ2n) is 5.10. The Bertz CT molecular complexity index is 804. The fraction of sp³-hybridized carbons (Fsp3) is 0.188. The van der Waals surface area contributed by atoms with Crippen molar-refractivity contribution >= 4 is 33.2 Å². The lowest BCUT2D eigenvalue weighted by Gasteiger charge is -2.16. The molecule has 0 saturated heterocycles. The average Bonchev–Trinajstić information content (AvgIpc) is 2.47. The third-order valence-corrected chi connectivity index (χ3v) is 4.97. The van der Waals surface area contributed by atoms with Crippen LogP contribution in [0.1, 0.15) is 25.5 Å². The highest BCUT2D eigenvalue weighted by Gasteiger charge is 2.18. The van der Waals surface area contributed by atoms with Gasteiger partial charge in [0.05, 0.1) is 4.90 Å². The third kappa shape index (κ3) is 4.79. The van der Waals surface area contributed by atoms with Crippen LogP contribution in [0, 0.1) is 0 Å². The summed E-state index contributed by atoms with van der Waals surface area (Å²) in [7, 11) is -3.66. The second kappa shape index (κ2) is 7.12. The summed E-state index contributed by atoms with van der Waals surface area (Å²) in [5, 5.41) is 3.14. The van der Waals surface area contributed by atoms with Gasteiger partial charge in [-0.05, 0) is 48.9 Å². The van der Waals surface area contributed by atoms with E-state index in [1.807, 2.05) is 0 Å². The molecule has 0 aromatic heterocycles. The highest BCUT2D eigenvalue weighted by molar-refractivity contribution is 7.89. The normalized spacial score (nSPS) is 12.7. The van der Waals surface area contributed by atoms with Crippen molar-refractivity contribution in [3.05, 3.63) is 59.1 Å². The van der Waals surface area contributed by atoms with E-state index in [0.717, 1.165) is 5.56 Å². The van der Waals surface area contributed by atoms with Gasteiger partial charge in [0, 0.05) is 23.7 Å². The van der Waals surface area contributed by atoms with Crippen LogP contribution < -0.4 is 10.0 Å². The molecule has 1 amide bonds. The van der Waals surface area contributed by atoms with Gasteiger partial charge in [-0.25, -0.2) is 13.1 Å². The molecule has 23 heavy (non-hydrogen) atoms. The van der Waals surface area contributed by atoms with E-state index in [4.69, 9.17) is 11.6 Å². The predicted octanol–water partition coefficient (Wildman–Crippen LogP) is 3.34. The number of sulfonamides is 1. The number of hydrogen-bond acceptors (Lipinski definition) is 3. The van der Waals surface area contributed by atoms with E-state index in [2.05, 4.69) is 10.0 Å². The van der Waals surface area contributed by atoms with Crippen LogP contribution in [0.25, 0.3) is 0 Å². The Balaban J connectivity index is 2.19. The van der Waals surface area contributed by atoms with Gasteiger partial charge >= 0.3 is 0 Å². The molecule has 0 radical (unpaired) electrons. The number of carbonyl (C=O) groups is 1. The molecule has 2 aromatic rings. The number of nitrogens with one attached hydrogen (secondary N) is 2. The lowest BCUT2D eigenvalue weighted by molar-refractivity contribution is -0.114. The first kappa shape index (κ1) is 17.5. The SMILES string of the molecule is CC(=O)Nc1cccc(C(C)NS(=O)(=O)c2ccc(Cl)cc2)c1. The molecule has 0 bridgehead atoms. The van der Waals surface area contributed by atoms with E-state index in [1.165, 1.54) is 31.2 Å². The molecule has 0 heterocycles. The zero-order valence-electron chi connectivity index (χ0n) is 12.7. The Hall–Kier alpha value is -1.89. The molecule has 1 unspecified atom stereocenters. The Labute approximate surface area is 140 Å². The highest BCUT2D eigenvalue weighted by Crippen LogP contribution is 2.21. The summed E-state index contributed by atoms with van der Waals surface area (Å²) in [6.07, 6.45) is 0. The van der Waals surface area contributed by atoms with Crippen molar-refractivity contribution in [3.63, 3.8) is 0 Å². The number of halogens is 1. The van der Waals surface area contributed by atoms with Gasteiger partial charge in [-0.15, -0.1) is 0 Å². The molecule has 0 aliphatic rings. The fourth-order valence-corrected chi connectivity index (χ4v) is 3.43. The minimum atomic E-state index is -3.66. The topological polar surface area (TPSA) is 75.3 Å². The minimum Gasteiger partial charge on any atom is -0.326 e. The van der Waals surface area contributed by atoms with Crippen LogP contribution in [0.5, 0.6) is 0 Å². The van der Waals surface area contributed by atoms with E-state index in [9.17, 15) is 13.2 Å². The Kier molecular flexibility index (Phi) is 5.41. The largest absolute Gasteiger partial charge is 0.326 e. The summed E-state index contributed by atoms with van der Waals surface area (Å²) < 4.78 is 27.3. The summed E-state index contributed by atoms with van der Waals surface area (Å²) >= 11 is 5.77. The zero-order chi connectivity index (χ0) is 17.0. The van der Waals surface area contributed by atoms with Crippen LogP contribution in [0.3, 0.4) is 0 Å². The van der Waals surface area contributed by atoms with Gasteiger partial charge in [0.25, 0.3) is 0 Å². The summed E-state index contributed by atoms with van der Waals surface area (Å²) in [6.45, 7) is 3.15. The molecular formula is C16H17ClN2O3S. The first-order valence-corrected chi connectivity index (χ1v) is 8.79. The second-order valence-corrected chi connectivity index (χ2v) is 7.25. The summed E-state index contributed by atoms with van der Waals surface area (Å²) in [6, 6.07) is 12.5. The van der Waals surface area contributed by atoms with Crippen LogP contribution in [-0.4, -0.2) is 14.3 Å². The third-order valence-electron chi connectivity index (χ3n) is 3.16. The van der Waals surface area contributed by atoms with E-state index >= 15 is 0 Å². The number of carbonyl (C=O) groups excluding carboxylic acids is 1. The van der Waals surface area contributed by atoms with Crippen molar-refractivity contribution in [2.24, 2.45) is 0 Å². The van der Waals surface area contributed by atoms with E-state index in [-0.39, 0.29) is 10.8 Å². The smallest absolute Gasteiger partial charge is 0.241 e. The number of benzene rings is 2. The van der Waals surface area contributed by atoms with Crippen molar-refractivity contribution in [1.29, 1.82) is 0 Å². The number of hydrogen-bond donors (Lipinski definition) is 2. The van der Waals surface area contributed by atoms with E-state index < -0.39 is 16.1 Å². The predicted molar refractivity (Wildman–Crippen MR) is 90.9 cm³/mol. The van der Waals surface area contributed by atoms with Gasteiger partial charge < -0.3 is 5.32 Å². The molecule has 0 aliphatic heterocycles. The van der Waals surface area contributed by atoms with Crippen molar-refractivity contribution in [2.75, 3.05) is 5.32 Å². The lowest BCUT2D eigenvalue weighted by atomic mass is 10.1. The highest BCUT2D eigenvalue weighted by atomic mass is 35.5. The first-order chi connectivity index (χ1) is 10.8. The lowest BCUT2D eigenvalue weighted by Crippen LogP contribution is -2.27. The van der Waals surface area contributed by atoms with Gasteiger partial charge in [0.15, 0.2) is 0 Å². The van der Waals surface area contributed by atoms with Gasteiger partial charge in [0.1, 0.15) is 0 Å². The molecule has 2 aromatic carbocycles. The van der Waals surface area contributed by atoms with E-state index in [1.54, 1.807) is 31.2 Å². The van der Waals surface area contributed by atoms with Crippen molar-refractivity contribution < 1.29 is 13.2 Å². The van der Waals surface area contributed by atoms with Crippen LogP contribution in [-0.2, 0) is 14.8 Å². The number of anilines is 1. The van der Waals surface area contributed by atoms with Crippen molar-refractivity contribution in [1.82, 2.24) is 4.72 Å². The minimum absolute atomic E-state index is 0.145. The standard InChI is InChI=1S/C16H17ClN2O3S/c1-11(13-4-3-5-15(10-13)18-12(2)20)19-23(21,22)16-8-6-14(17)7-9-16/h3-11,19H,1-2H3,(H,18,20).